The SMILES string of the molecule is CCCCC(NN1CCN(C)CC1)C(=O)OC. The maximum absolute atomic E-state index is 11.6. The normalized spacial score (nSPS) is 20.2. The molecule has 100 valence electrons. The Balaban J connectivity index is 2.39. The zero-order chi connectivity index (χ0) is 12.7. The van der Waals surface area contributed by atoms with Gasteiger partial charge in [0, 0.05) is 26.2 Å². The van der Waals surface area contributed by atoms with Crippen molar-refractivity contribution in [1.82, 2.24) is 15.3 Å². The summed E-state index contributed by atoms with van der Waals surface area (Å²) in [6.45, 7) is 6.11. The summed E-state index contributed by atoms with van der Waals surface area (Å²) in [4.78, 5) is 13.9. The molecule has 1 saturated heterocycles. The molecular weight excluding hydrogens is 218 g/mol. The van der Waals surface area contributed by atoms with Crippen molar-refractivity contribution in [2.75, 3.05) is 40.3 Å². The number of hydrogen-bond acceptors (Lipinski definition) is 5. The Morgan fingerprint density at radius 1 is 1.35 bits per heavy atom. The lowest BCUT2D eigenvalue weighted by molar-refractivity contribution is -0.145. The van der Waals surface area contributed by atoms with E-state index in [0.29, 0.717) is 0 Å². The first kappa shape index (κ1) is 14.4. The van der Waals surface area contributed by atoms with Crippen LogP contribution in [-0.2, 0) is 9.53 Å². The molecule has 0 aromatic heterocycles. The third-order valence-electron chi connectivity index (χ3n) is 3.17. The van der Waals surface area contributed by atoms with Gasteiger partial charge in [0.05, 0.1) is 7.11 Å². The summed E-state index contributed by atoms with van der Waals surface area (Å²) < 4.78 is 4.83. The van der Waals surface area contributed by atoms with Crippen LogP contribution >= 0.6 is 0 Å². The molecule has 0 radical (unpaired) electrons. The summed E-state index contributed by atoms with van der Waals surface area (Å²) >= 11 is 0. The average molecular weight is 243 g/mol. The highest BCUT2D eigenvalue weighted by atomic mass is 16.5. The first-order valence-corrected chi connectivity index (χ1v) is 6.44. The van der Waals surface area contributed by atoms with Crippen LogP contribution in [0.15, 0.2) is 0 Å². The Morgan fingerprint density at radius 2 is 2.00 bits per heavy atom. The molecule has 0 bridgehead atoms. The zero-order valence-corrected chi connectivity index (χ0v) is 11.2. The van der Waals surface area contributed by atoms with Crippen LogP contribution in [0.4, 0.5) is 0 Å². The van der Waals surface area contributed by atoms with Crippen LogP contribution in [0.3, 0.4) is 0 Å². The molecule has 0 saturated carbocycles. The van der Waals surface area contributed by atoms with Crippen LogP contribution in [-0.4, -0.2) is 62.3 Å². The third kappa shape index (κ3) is 5.02. The predicted molar refractivity (Wildman–Crippen MR) is 67.5 cm³/mol. The number of hydrazine groups is 1. The second kappa shape index (κ2) is 7.63. The van der Waals surface area contributed by atoms with E-state index in [0.717, 1.165) is 45.4 Å². The largest absolute Gasteiger partial charge is 0.468 e. The molecule has 1 fully saturated rings. The first-order chi connectivity index (χ1) is 8.17. The maximum Gasteiger partial charge on any atom is 0.324 e. The third-order valence-corrected chi connectivity index (χ3v) is 3.17. The minimum atomic E-state index is -0.191. The standard InChI is InChI=1S/C12H25N3O2/c1-4-5-6-11(12(16)17-3)13-15-9-7-14(2)8-10-15/h11,13H,4-10H2,1-3H3. The molecule has 0 amide bonds. The molecule has 1 heterocycles. The molecule has 1 N–H and O–H groups in total. The molecule has 1 aliphatic heterocycles. The van der Waals surface area contributed by atoms with Crippen LogP contribution in [0, 0.1) is 0 Å². The molecule has 1 aliphatic rings. The number of unbranched alkanes of at least 4 members (excludes halogenated alkanes) is 1. The van der Waals surface area contributed by atoms with Crippen molar-refractivity contribution in [1.29, 1.82) is 0 Å². The molecule has 1 atom stereocenters. The summed E-state index contributed by atoms with van der Waals surface area (Å²) in [7, 11) is 3.57. The number of carbonyl (C=O) groups excluding carboxylic acids is 1. The molecule has 1 rings (SSSR count). The number of likely N-dealkylation sites (N-methyl/N-ethyl adjacent to an activating group) is 1. The molecular formula is C12H25N3O2. The topological polar surface area (TPSA) is 44.8 Å². The van der Waals surface area contributed by atoms with E-state index in [4.69, 9.17) is 4.74 Å². The number of methoxy groups -OCH3 is 1. The molecule has 17 heavy (non-hydrogen) atoms. The Hall–Kier alpha value is -0.650. The highest BCUT2D eigenvalue weighted by molar-refractivity contribution is 5.75. The predicted octanol–water partition coefficient (Wildman–Crippen LogP) is 0.470. The summed E-state index contributed by atoms with van der Waals surface area (Å²) in [5, 5.41) is 2.14. The highest BCUT2D eigenvalue weighted by Crippen LogP contribution is 2.05. The average Bonchev–Trinajstić information content (AvgIpc) is 2.36. The fraction of sp³-hybridized carbons (Fsp3) is 0.917. The lowest BCUT2D eigenvalue weighted by Gasteiger charge is -2.34. The lowest BCUT2D eigenvalue weighted by atomic mass is 10.1. The number of rotatable bonds is 6. The Bertz CT molecular complexity index is 228. The number of nitrogens with one attached hydrogen (secondary N) is 1. The zero-order valence-electron chi connectivity index (χ0n) is 11.2. The number of hydrogen-bond donors (Lipinski definition) is 1. The number of piperazine rings is 1. The minimum Gasteiger partial charge on any atom is -0.468 e. The van der Waals surface area contributed by atoms with E-state index in [1.54, 1.807) is 0 Å². The van der Waals surface area contributed by atoms with Gasteiger partial charge in [-0.25, -0.2) is 10.4 Å². The second-order valence-electron chi connectivity index (χ2n) is 4.64. The molecule has 5 nitrogen and oxygen atoms in total. The van der Waals surface area contributed by atoms with Crippen molar-refractivity contribution in [3.8, 4) is 0 Å². The fourth-order valence-corrected chi connectivity index (χ4v) is 1.94. The van der Waals surface area contributed by atoms with Gasteiger partial charge in [0.2, 0.25) is 0 Å². The van der Waals surface area contributed by atoms with Crippen LogP contribution in [0.5, 0.6) is 0 Å². The molecule has 5 heteroatoms. The number of ether oxygens (including phenoxy) is 1. The van der Waals surface area contributed by atoms with Crippen molar-refractivity contribution < 1.29 is 9.53 Å². The van der Waals surface area contributed by atoms with Gasteiger partial charge in [-0.15, -0.1) is 0 Å². The van der Waals surface area contributed by atoms with Gasteiger partial charge in [-0.3, -0.25) is 4.79 Å². The van der Waals surface area contributed by atoms with E-state index in [1.165, 1.54) is 7.11 Å². The van der Waals surface area contributed by atoms with E-state index >= 15 is 0 Å². The van der Waals surface area contributed by atoms with Crippen LogP contribution in [0.25, 0.3) is 0 Å². The number of carbonyl (C=O) groups is 1. The Morgan fingerprint density at radius 3 is 2.53 bits per heavy atom. The van der Waals surface area contributed by atoms with E-state index in [9.17, 15) is 4.79 Å². The summed E-state index contributed by atoms with van der Waals surface area (Å²) in [5.41, 5.74) is 3.29. The lowest BCUT2D eigenvalue weighted by Crippen LogP contribution is -2.55. The molecule has 0 aromatic rings. The molecule has 0 spiro atoms. The van der Waals surface area contributed by atoms with Gasteiger partial charge >= 0.3 is 5.97 Å². The number of nitrogens with zero attached hydrogens (tertiary/aromatic N) is 2. The number of esters is 1. The van der Waals surface area contributed by atoms with E-state index in [2.05, 4.69) is 29.3 Å². The van der Waals surface area contributed by atoms with E-state index < -0.39 is 0 Å². The van der Waals surface area contributed by atoms with Crippen LogP contribution < -0.4 is 5.43 Å². The Labute approximate surface area is 104 Å². The summed E-state index contributed by atoms with van der Waals surface area (Å²) in [5.74, 6) is -0.155. The molecule has 0 aliphatic carbocycles. The first-order valence-electron chi connectivity index (χ1n) is 6.44. The quantitative estimate of drug-likeness (QED) is 0.687. The van der Waals surface area contributed by atoms with Gasteiger partial charge in [-0.05, 0) is 13.5 Å². The van der Waals surface area contributed by atoms with Crippen molar-refractivity contribution in [3.63, 3.8) is 0 Å². The smallest absolute Gasteiger partial charge is 0.324 e. The molecule has 0 aromatic carbocycles. The van der Waals surface area contributed by atoms with Crippen LogP contribution in [0.2, 0.25) is 0 Å². The summed E-state index contributed by atoms with van der Waals surface area (Å²) in [6, 6.07) is -0.191. The van der Waals surface area contributed by atoms with E-state index in [1.807, 2.05) is 0 Å². The second-order valence-corrected chi connectivity index (χ2v) is 4.64. The highest BCUT2D eigenvalue weighted by Gasteiger charge is 2.22. The van der Waals surface area contributed by atoms with Gasteiger partial charge in [0.15, 0.2) is 0 Å². The van der Waals surface area contributed by atoms with Crippen LogP contribution in [0.1, 0.15) is 26.2 Å². The van der Waals surface area contributed by atoms with Gasteiger partial charge in [0.25, 0.3) is 0 Å². The monoisotopic (exact) mass is 243 g/mol. The molecule has 1 unspecified atom stereocenters. The Kier molecular flexibility index (Phi) is 6.47. The summed E-state index contributed by atoms with van der Waals surface area (Å²) in [6.07, 6.45) is 2.98. The minimum absolute atomic E-state index is 0.155. The van der Waals surface area contributed by atoms with Crippen molar-refractivity contribution in [2.24, 2.45) is 0 Å². The fourth-order valence-electron chi connectivity index (χ4n) is 1.94. The van der Waals surface area contributed by atoms with E-state index in [-0.39, 0.29) is 12.0 Å². The van der Waals surface area contributed by atoms with Crippen molar-refractivity contribution in [3.05, 3.63) is 0 Å². The van der Waals surface area contributed by atoms with Gasteiger partial charge in [-0.1, -0.05) is 19.8 Å². The van der Waals surface area contributed by atoms with Crippen molar-refractivity contribution in [2.45, 2.75) is 32.2 Å². The maximum atomic E-state index is 11.6. The van der Waals surface area contributed by atoms with Gasteiger partial charge < -0.3 is 9.64 Å². The van der Waals surface area contributed by atoms with Gasteiger partial charge in [-0.2, -0.15) is 0 Å². The van der Waals surface area contributed by atoms with Crippen molar-refractivity contribution >= 4 is 5.97 Å². The van der Waals surface area contributed by atoms with Gasteiger partial charge in [0.1, 0.15) is 6.04 Å².